The zero-order valence-corrected chi connectivity index (χ0v) is 22.7. The van der Waals surface area contributed by atoms with Gasteiger partial charge in [0.15, 0.2) is 0 Å². The van der Waals surface area contributed by atoms with Crippen LogP contribution in [0.5, 0.6) is 11.5 Å². The normalized spacial score (nSPS) is 11.0. The third-order valence-electron chi connectivity index (χ3n) is 4.38. The van der Waals surface area contributed by atoms with Crippen LogP contribution in [-0.2, 0) is 0 Å². The first-order chi connectivity index (χ1) is 13.8. The van der Waals surface area contributed by atoms with Gasteiger partial charge in [-0.15, -0.1) is 0 Å². The van der Waals surface area contributed by atoms with E-state index in [1.165, 1.54) is 46.3 Å². The van der Waals surface area contributed by atoms with Gasteiger partial charge in [0.05, 0.1) is 0 Å². The minimum absolute atomic E-state index is 0.281. The molecule has 0 saturated heterocycles. The van der Waals surface area contributed by atoms with Gasteiger partial charge in [0.2, 0.25) is 0 Å². The van der Waals surface area contributed by atoms with Gasteiger partial charge in [0.25, 0.3) is 0 Å². The summed E-state index contributed by atoms with van der Waals surface area (Å²) in [6.07, 6.45) is 9.60. The Labute approximate surface area is 200 Å². The molecule has 0 radical (unpaired) electrons. The molecule has 0 aliphatic rings. The molecule has 1 heterocycles. The third-order valence-corrected chi connectivity index (χ3v) is 8.48. The Morgan fingerprint density at radius 2 is 1.21 bits per heavy atom. The van der Waals surface area contributed by atoms with Crippen LogP contribution < -0.4 is 9.47 Å². The molecule has 0 fully saturated rings. The van der Waals surface area contributed by atoms with Gasteiger partial charge in [-0.3, -0.25) is 0 Å². The van der Waals surface area contributed by atoms with Crippen molar-refractivity contribution in [2.24, 2.45) is 0 Å². The van der Waals surface area contributed by atoms with Crippen molar-refractivity contribution >= 4 is 62.3 Å². The molecule has 0 N–H and O–H groups in total. The second-order valence-corrected chi connectivity index (χ2v) is 12.5. The Balaban J connectivity index is 2.00. The molecule has 0 aliphatic carbocycles. The zero-order valence-electron chi connectivity index (χ0n) is 16.2. The van der Waals surface area contributed by atoms with E-state index in [1.807, 2.05) is 0 Å². The van der Waals surface area contributed by atoms with Crippen LogP contribution in [0.25, 0.3) is 10.0 Å². The fraction of sp³-hybridized carbons (Fsp3) is 0.545. The van der Waals surface area contributed by atoms with Gasteiger partial charge in [-0.25, -0.2) is 0 Å². The van der Waals surface area contributed by atoms with E-state index < -0.39 is 0 Å². The predicted molar refractivity (Wildman–Crippen MR) is 132 cm³/mol. The molecule has 2 aromatic rings. The van der Waals surface area contributed by atoms with E-state index in [0.29, 0.717) is 0 Å². The first kappa shape index (κ1) is 24.5. The van der Waals surface area contributed by atoms with Crippen LogP contribution in [0.1, 0.15) is 51.4 Å². The van der Waals surface area contributed by atoms with Gasteiger partial charge < -0.3 is 0 Å². The molecule has 28 heavy (non-hydrogen) atoms. The van der Waals surface area contributed by atoms with Crippen LogP contribution in [0.4, 0.5) is 0 Å². The van der Waals surface area contributed by atoms with E-state index in [-0.39, 0.29) is 14.5 Å². The van der Waals surface area contributed by atoms with E-state index in [4.69, 9.17) is 9.47 Å². The van der Waals surface area contributed by atoms with Crippen molar-refractivity contribution in [2.75, 3.05) is 23.9 Å². The fourth-order valence-corrected chi connectivity index (χ4v) is 6.39. The fourth-order valence-electron chi connectivity index (χ4n) is 2.91. The van der Waals surface area contributed by atoms with E-state index >= 15 is 0 Å². The first-order valence-corrected chi connectivity index (χ1v) is 14.8. The Morgan fingerprint density at radius 3 is 1.68 bits per heavy atom. The van der Waals surface area contributed by atoms with Crippen LogP contribution in [0.3, 0.4) is 0 Å². The van der Waals surface area contributed by atoms with Crippen molar-refractivity contribution in [3.05, 3.63) is 33.7 Å². The molecular weight excluding hydrogens is 615 g/mol. The van der Waals surface area contributed by atoms with E-state index in [2.05, 4.69) is 78.1 Å². The van der Waals surface area contributed by atoms with Crippen molar-refractivity contribution in [3.63, 3.8) is 0 Å². The van der Waals surface area contributed by atoms with Crippen molar-refractivity contribution in [1.29, 1.82) is 0 Å². The van der Waals surface area contributed by atoms with Crippen molar-refractivity contribution in [1.82, 2.24) is 0 Å². The average Bonchev–Trinajstić information content (AvgIpc) is 3.13. The van der Waals surface area contributed by atoms with Gasteiger partial charge in [-0.2, -0.15) is 0 Å². The van der Waals surface area contributed by atoms with Gasteiger partial charge in [-0.1, -0.05) is 0 Å². The molecule has 156 valence electrons. The summed E-state index contributed by atoms with van der Waals surface area (Å²) in [6.45, 7) is 1.53. The number of ether oxygens (including phenoxy) is 2. The SMILES string of the molecule is BrCCCCCCOc1cccc(OCCCCCCBr)c1-c1ccc(Br)[se]1. The molecule has 0 unspecified atom stereocenters. The summed E-state index contributed by atoms with van der Waals surface area (Å²) in [5.74, 6) is 1.92. The summed E-state index contributed by atoms with van der Waals surface area (Å²) in [5.41, 5.74) is 1.15. The van der Waals surface area contributed by atoms with Crippen LogP contribution in [0, 0.1) is 0 Å². The number of unbranched alkanes of at least 4 members (excludes halogenated alkanes) is 6. The molecule has 0 spiro atoms. The van der Waals surface area contributed by atoms with Gasteiger partial charge >= 0.3 is 202 Å². The molecule has 1 aromatic heterocycles. The molecule has 0 atom stereocenters. The molecule has 1 aromatic carbocycles. The number of hydrogen-bond acceptors (Lipinski definition) is 2. The molecule has 0 saturated carbocycles. The summed E-state index contributed by atoms with van der Waals surface area (Å²) in [7, 11) is 0. The summed E-state index contributed by atoms with van der Waals surface area (Å²) >= 11 is 10.9. The maximum absolute atomic E-state index is 6.20. The maximum atomic E-state index is 6.20. The molecule has 0 bridgehead atoms. The number of benzene rings is 1. The van der Waals surface area contributed by atoms with Crippen LogP contribution >= 0.6 is 47.8 Å². The van der Waals surface area contributed by atoms with E-state index in [0.717, 1.165) is 53.8 Å². The standard InChI is InChI=1S/C22H29Br3O2Se/c23-14-5-1-3-7-16-26-18-10-9-11-19(27-17-8-4-2-6-15-24)22(18)20-12-13-21(25)28-20/h9-13H,1-8,14-17H2. The van der Waals surface area contributed by atoms with Crippen LogP contribution in [-0.4, -0.2) is 38.4 Å². The summed E-state index contributed by atoms with van der Waals surface area (Å²) < 4.78 is 15.0. The predicted octanol–water partition coefficient (Wildman–Crippen LogP) is 7.84. The van der Waals surface area contributed by atoms with E-state index in [9.17, 15) is 0 Å². The summed E-state index contributed by atoms with van der Waals surface area (Å²) in [6, 6.07) is 10.6. The topological polar surface area (TPSA) is 18.5 Å². The number of alkyl halides is 2. The number of halogens is 3. The Hall–Kier alpha value is 0.259. The second kappa shape index (κ2) is 15.1. The first-order valence-electron chi connectivity index (χ1n) is 10.0. The van der Waals surface area contributed by atoms with Crippen LogP contribution in [0.2, 0.25) is 0 Å². The van der Waals surface area contributed by atoms with Crippen molar-refractivity contribution in [2.45, 2.75) is 51.4 Å². The Morgan fingerprint density at radius 1 is 0.679 bits per heavy atom. The number of hydrogen-bond donors (Lipinski definition) is 0. The molecule has 0 aliphatic heterocycles. The van der Waals surface area contributed by atoms with E-state index in [1.54, 1.807) is 0 Å². The third kappa shape index (κ3) is 8.95. The summed E-state index contributed by atoms with van der Waals surface area (Å²) in [5, 5.41) is 2.18. The molecule has 2 rings (SSSR count). The van der Waals surface area contributed by atoms with Gasteiger partial charge in [0.1, 0.15) is 0 Å². The van der Waals surface area contributed by atoms with Gasteiger partial charge in [0, 0.05) is 0 Å². The monoisotopic (exact) mass is 642 g/mol. The Kier molecular flexibility index (Phi) is 13.2. The van der Waals surface area contributed by atoms with Crippen LogP contribution in [0.15, 0.2) is 33.7 Å². The molecule has 0 amide bonds. The minimum atomic E-state index is 0.281. The zero-order chi connectivity index (χ0) is 20.0. The Bertz CT molecular complexity index is 641. The summed E-state index contributed by atoms with van der Waals surface area (Å²) in [4.78, 5) is 0. The van der Waals surface area contributed by atoms with Crippen molar-refractivity contribution in [3.8, 4) is 21.5 Å². The molecule has 6 heteroatoms. The average molecular weight is 644 g/mol. The molecule has 2 nitrogen and oxygen atoms in total. The molecular formula is C22H29Br3O2Se. The quantitative estimate of drug-likeness (QED) is 0.112. The van der Waals surface area contributed by atoms with Gasteiger partial charge in [-0.05, 0) is 0 Å². The number of rotatable bonds is 15. The van der Waals surface area contributed by atoms with Crippen molar-refractivity contribution < 1.29 is 9.47 Å². The second-order valence-electron chi connectivity index (χ2n) is 6.64.